The van der Waals surface area contributed by atoms with Gasteiger partial charge in [-0.3, -0.25) is 0 Å². The van der Waals surface area contributed by atoms with Gasteiger partial charge in [0.1, 0.15) is 16.9 Å². The SMILES string of the molecule is CCCCCOC(=O)c1c(N)n(Cc2ccc(Cl)cc2)c2nc3ccccc3nc12. The van der Waals surface area contributed by atoms with Crippen LogP contribution in [0.15, 0.2) is 48.5 Å². The molecule has 0 unspecified atom stereocenters. The lowest BCUT2D eigenvalue weighted by atomic mass is 10.2. The largest absolute Gasteiger partial charge is 0.462 e. The summed E-state index contributed by atoms with van der Waals surface area (Å²) in [4.78, 5) is 22.3. The molecule has 2 heterocycles. The van der Waals surface area contributed by atoms with Crippen LogP contribution in [-0.2, 0) is 11.3 Å². The molecule has 0 aliphatic heterocycles. The molecule has 0 atom stereocenters. The number of anilines is 1. The molecule has 0 aliphatic rings. The van der Waals surface area contributed by atoms with Crippen LogP contribution in [0, 0.1) is 0 Å². The second-order valence-corrected chi connectivity index (χ2v) is 7.64. The Morgan fingerprint density at radius 2 is 1.77 bits per heavy atom. The summed E-state index contributed by atoms with van der Waals surface area (Å²) in [5, 5.41) is 0.659. The van der Waals surface area contributed by atoms with Gasteiger partial charge in [0.15, 0.2) is 5.65 Å². The third kappa shape index (κ3) is 3.96. The van der Waals surface area contributed by atoms with Gasteiger partial charge in [0.05, 0.1) is 24.2 Å². The van der Waals surface area contributed by atoms with E-state index >= 15 is 0 Å². The highest BCUT2D eigenvalue weighted by molar-refractivity contribution is 6.30. The minimum Gasteiger partial charge on any atom is -0.462 e. The molecule has 0 saturated carbocycles. The zero-order valence-electron chi connectivity index (χ0n) is 16.8. The summed E-state index contributed by atoms with van der Waals surface area (Å²) >= 11 is 6.01. The number of nitrogens with two attached hydrogens (primary N) is 1. The molecule has 0 saturated heterocycles. The number of carbonyl (C=O) groups excluding carboxylic acids is 1. The van der Waals surface area contributed by atoms with Crippen molar-refractivity contribution in [2.24, 2.45) is 0 Å². The van der Waals surface area contributed by atoms with Crippen LogP contribution in [0.2, 0.25) is 5.02 Å². The molecule has 0 aliphatic carbocycles. The fourth-order valence-electron chi connectivity index (χ4n) is 3.44. The van der Waals surface area contributed by atoms with Crippen LogP contribution in [0.3, 0.4) is 0 Å². The molecule has 154 valence electrons. The number of hydrogen-bond donors (Lipinski definition) is 1. The molecule has 2 aromatic heterocycles. The molecule has 7 heteroatoms. The molecule has 4 aromatic rings. The number of benzene rings is 2. The highest BCUT2D eigenvalue weighted by Gasteiger charge is 2.25. The first-order valence-corrected chi connectivity index (χ1v) is 10.4. The molecule has 6 nitrogen and oxygen atoms in total. The topological polar surface area (TPSA) is 83.0 Å². The first-order valence-electron chi connectivity index (χ1n) is 10.0. The number of hydrogen-bond acceptors (Lipinski definition) is 5. The standard InChI is InChI=1S/C23H23ClN4O2/c1-2-3-6-13-30-23(29)19-20-22(27-18-8-5-4-7-17(18)26-20)28(21(19)25)14-15-9-11-16(24)12-10-15/h4-5,7-12H,2-3,6,13-14,25H2,1H3. The number of ether oxygens (including phenoxy) is 1. The van der Waals surface area contributed by atoms with Gasteiger partial charge >= 0.3 is 5.97 Å². The van der Waals surface area contributed by atoms with E-state index in [9.17, 15) is 4.79 Å². The average molecular weight is 423 g/mol. The fourth-order valence-corrected chi connectivity index (χ4v) is 3.57. The van der Waals surface area contributed by atoms with Crippen LogP contribution in [0.25, 0.3) is 22.2 Å². The van der Waals surface area contributed by atoms with Crippen molar-refractivity contribution in [1.82, 2.24) is 14.5 Å². The van der Waals surface area contributed by atoms with E-state index in [0.29, 0.717) is 40.7 Å². The number of nitrogen functional groups attached to an aromatic ring is 1. The smallest absolute Gasteiger partial charge is 0.344 e. The molecule has 30 heavy (non-hydrogen) atoms. The third-order valence-corrected chi connectivity index (χ3v) is 5.28. The van der Waals surface area contributed by atoms with Crippen molar-refractivity contribution < 1.29 is 9.53 Å². The Morgan fingerprint density at radius 3 is 2.47 bits per heavy atom. The second kappa shape index (κ2) is 8.71. The molecule has 0 bridgehead atoms. The van der Waals surface area contributed by atoms with Crippen molar-refractivity contribution in [3.05, 3.63) is 64.7 Å². The number of aromatic nitrogens is 3. The van der Waals surface area contributed by atoms with Gasteiger partial charge in [-0.25, -0.2) is 14.8 Å². The van der Waals surface area contributed by atoms with E-state index in [1.54, 1.807) is 4.57 Å². The minimum absolute atomic E-state index is 0.272. The summed E-state index contributed by atoms with van der Waals surface area (Å²) < 4.78 is 7.30. The maximum Gasteiger partial charge on any atom is 0.344 e. The Hall–Kier alpha value is -3.12. The fraction of sp³-hybridized carbons (Fsp3) is 0.261. The van der Waals surface area contributed by atoms with Crippen LogP contribution >= 0.6 is 11.6 Å². The number of fused-ring (bicyclic) bond motifs is 2. The molecular formula is C23H23ClN4O2. The summed E-state index contributed by atoms with van der Waals surface area (Å²) in [7, 11) is 0. The van der Waals surface area contributed by atoms with Crippen LogP contribution in [0.5, 0.6) is 0 Å². The Kier molecular flexibility index (Phi) is 5.86. The number of carbonyl (C=O) groups is 1. The number of nitrogens with zero attached hydrogens (tertiary/aromatic N) is 3. The summed E-state index contributed by atoms with van der Waals surface area (Å²) in [5.41, 5.74) is 10.2. The Bertz CT molecular complexity index is 1200. The molecule has 0 radical (unpaired) electrons. The van der Waals surface area contributed by atoms with Gasteiger partial charge in [0, 0.05) is 5.02 Å². The molecule has 2 aromatic carbocycles. The van der Waals surface area contributed by atoms with Gasteiger partial charge in [-0.1, -0.05) is 55.6 Å². The van der Waals surface area contributed by atoms with Gasteiger partial charge in [-0.15, -0.1) is 0 Å². The van der Waals surface area contributed by atoms with E-state index in [0.717, 1.165) is 30.3 Å². The van der Waals surface area contributed by atoms with Crippen molar-refractivity contribution in [2.45, 2.75) is 32.7 Å². The molecule has 2 N–H and O–H groups in total. The minimum atomic E-state index is -0.465. The van der Waals surface area contributed by atoms with Gasteiger partial charge in [-0.2, -0.15) is 0 Å². The number of halogens is 1. The molecule has 0 fully saturated rings. The van der Waals surface area contributed by atoms with Crippen LogP contribution < -0.4 is 5.73 Å². The highest BCUT2D eigenvalue weighted by Crippen LogP contribution is 2.29. The van der Waals surface area contributed by atoms with Crippen LogP contribution in [0.1, 0.15) is 42.1 Å². The normalized spacial score (nSPS) is 11.3. The Morgan fingerprint density at radius 1 is 1.07 bits per heavy atom. The zero-order chi connectivity index (χ0) is 21.1. The number of rotatable bonds is 7. The molecule has 0 amide bonds. The summed E-state index contributed by atoms with van der Waals surface area (Å²) in [6.07, 6.45) is 2.88. The first kappa shape index (κ1) is 20.2. The van der Waals surface area contributed by atoms with E-state index in [2.05, 4.69) is 6.92 Å². The number of para-hydroxylation sites is 2. The van der Waals surface area contributed by atoms with Gasteiger partial charge in [0.25, 0.3) is 0 Å². The maximum atomic E-state index is 12.9. The lowest BCUT2D eigenvalue weighted by Crippen LogP contribution is -2.11. The van der Waals surface area contributed by atoms with Crippen molar-refractivity contribution in [2.75, 3.05) is 12.3 Å². The highest BCUT2D eigenvalue weighted by atomic mass is 35.5. The number of esters is 1. The second-order valence-electron chi connectivity index (χ2n) is 7.20. The van der Waals surface area contributed by atoms with E-state index in [-0.39, 0.29) is 5.56 Å². The lowest BCUT2D eigenvalue weighted by Gasteiger charge is -2.08. The van der Waals surface area contributed by atoms with Crippen molar-refractivity contribution in [1.29, 1.82) is 0 Å². The van der Waals surface area contributed by atoms with Gasteiger partial charge < -0.3 is 15.0 Å². The molecule has 4 rings (SSSR count). The van der Waals surface area contributed by atoms with Crippen LogP contribution in [-0.4, -0.2) is 27.1 Å². The summed E-state index contributed by atoms with van der Waals surface area (Å²) in [6.45, 7) is 2.90. The van der Waals surface area contributed by atoms with Crippen LogP contribution in [0.4, 0.5) is 5.82 Å². The number of unbranched alkanes of at least 4 members (excludes halogenated alkanes) is 2. The third-order valence-electron chi connectivity index (χ3n) is 5.03. The van der Waals surface area contributed by atoms with Crippen molar-refractivity contribution >= 4 is 45.6 Å². The molecule has 0 spiro atoms. The van der Waals surface area contributed by atoms with E-state index < -0.39 is 5.97 Å². The Balaban J connectivity index is 1.81. The predicted octanol–water partition coefficient (Wildman–Crippen LogP) is 5.22. The van der Waals surface area contributed by atoms with Gasteiger partial charge in [0.2, 0.25) is 0 Å². The summed E-state index contributed by atoms with van der Waals surface area (Å²) in [6, 6.07) is 15.0. The Labute approximate surface area is 179 Å². The zero-order valence-corrected chi connectivity index (χ0v) is 17.5. The molecular weight excluding hydrogens is 400 g/mol. The van der Waals surface area contributed by atoms with E-state index in [1.165, 1.54) is 0 Å². The quantitative estimate of drug-likeness (QED) is 0.326. The first-order chi connectivity index (χ1) is 14.6. The van der Waals surface area contributed by atoms with E-state index in [4.69, 9.17) is 32.0 Å². The average Bonchev–Trinajstić information content (AvgIpc) is 3.01. The maximum absolute atomic E-state index is 12.9. The van der Waals surface area contributed by atoms with E-state index in [1.807, 2.05) is 48.5 Å². The lowest BCUT2D eigenvalue weighted by molar-refractivity contribution is 0.0501. The van der Waals surface area contributed by atoms with Gasteiger partial charge in [-0.05, 0) is 36.2 Å². The van der Waals surface area contributed by atoms with Crippen molar-refractivity contribution in [3.63, 3.8) is 0 Å². The van der Waals surface area contributed by atoms with Crippen molar-refractivity contribution in [3.8, 4) is 0 Å². The summed E-state index contributed by atoms with van der Waals surface area (Å²) in [5.74, 6) is -0.163. The predicted molar refractivity (Wildman–Crippen MR) is 120 cm³/mol. The monoisotopic (exact) mass is 422 g/mol.